The van der Waals surface area contributed by atoms with Crippen LogP contribution in [0, 0.1) is 0 Å². The van der Waals surface area contributed by atoms with E-state index in [1.807, 2.05) is 23.9 Å². The molecule has 2 nitrogen and oxygen atoms in total. The number of thioether (sulfide) groups is 1. The summed E-state index contributed by atoms with van der Waals surface area (Å²) in [7, 11) is 0. The highest BCUT2D eigenvalue weighted by molar-refractivity contribution is 7.99. The first kappa shape index (κ1) is 13.1. The highest BCUT2D eigenvalue weighted by Gasteiger charge is 2.17. The number of hydrogen-bond acceptors (Lipinski definition) is 3. The second-order valence-electron chi connectivity index (χ2n) is 4.35. The van der Waals surface area contributed by atoms with E-state index in [1.54, 1.807) is 0 Å². The van der Waals surface area contributed by atoms with E-state index in [2.05, 4.69) is 6.92 Å². The van der Waals surface area contributed by atoms with Crippen molar-refractivity contribution in [2.45, 2.75) is 30.8 Å². The van der Waals surface area contributed by atoms with Crippen LogP contribution in [0.15, 0.2) is 12.1 Å². The predicted molar refractivity (Wildman–Crippen MR) is 75.1 cm³/mol. The molecule has 0 radical (unpaired) electrons. The van der Waals surface area contributed by atoms with Crippen LogP contribution in [-0.2, 0) is 12.2 Å². The Bertz CT molecular complexity index is 397. The van der Waals surface area contributed by atoms with Crippen molar-refractivity contribution >= 4 is 23.4 Å². The molecule has 2 rings (SSSR count). The lowest BCUT2D eigenvalue weighted by atomic mass is 10.1. The van der Waals surface area contributed by atoms with E-state index in [-0.39, 0.29) is 0 Å². The molecule has 94 valence electrons. The number of nitrogens with two attached hydrogens (primary N) is 1. The Morgan fingerprint density at radius 2 is 2.35 bits per heavy atom. The van der Waals surface area contributed by atoms with Crippen LogP contribution in [0.1, 0.15) is 24.5 Å². The van der Waals surface area contributed by atoms with Gasteiger partial charge in [-0.2, -0.15) is 11.8 Å². The lowest BCUT2D eigenvalue weighted by molar-refractivity contribution is 0.354. The first-order chi connectivity index (χ1) is 8.20. The van der Waals surface area contributed by atoms with Gasteiger partial charge in [0, 0.05) is 28.0 Å². The van der Waals surface area contributed by atoms with Gasteiger partial charge >= 0.3 is 0 Å². The Balaban J connectivity index is 2.05. The van der Waals surface area contributed by atoms with Crippen molar-refractivity contribution in [3.63, 3.8) is 0 Å². The van der Waals surface area contributed by atoms with Crippen LogP contribution in [0.2, 0.25) is 5.02 Å². The van der Waals surface area contributed by atoms with Gasteiger partial charge in [0.1, 0.15) is 5.75 Å². The summed E-state index contributed by atoms with van der Waals surface area (Å²) in [5.41, 5.74) is 8.02. The van der Waals surface area contributed by atoms with E-state index >= 15 is 0 Å². The number of rotatable bonds is 5. The maximum atomic E-state index is 6.12. The summed E-state index contributed by atoms with van der Waals surface area (Å²) in [6, 6.07) is 4.04. The van der Waals surface area contributed by atoms with Crippen molar-refractivity contribution in [2.75, 3.05) is 13.2 Å². The molecule has 0 fully saturated rings. The van der Waals surface area contributed by atoms with Crippen LogP contribution in [0.4, 0.5) is 0 Å². The number of ether oxygens (including phenoxy) is 1. The summed E-state index contributed by atoms with van der Waals surface area (Å²) in [6.45, 7) is 3.74. The lowest BCUT2D eigenvalue weighted by Crippen LogP contribution is -2.07. The molecule has 1 aliphatic rings. The summed E-state index contributed by atoms with van der Waals surface area (Å²) in [6.07, 6.45) is 2.03. The molecule has 0 amide bonds. The van der Waals surface area contributed by atoms with Crippen LogP contribution in [0.3, 0.4) is 0 Å². The summed E-state index contributed by atoms with van der Waals surface area (Å²) in [5, 5.41) is 1.40. The Morgan fingerprint density at radius 3 is 3.12 bits per heavy atom. The second-order valence-corrected chi connectivity index (χ2v) is 6.21. The normalized spacial score (nSPS) is 15.5. The molecule has 0 spiro atoms. The SMILES string of the molecule is CC(CCN)SCc1cc(Cl)cc2c1OCC2. The van der Waals surface area contributed by atoms with E-state index in [0.717, 1.165) is 42.5 Å². The van der Waals surface area contributed by atoms with Gasteiger partial charge in [-0.3, -0.25) is 0 Å². The molecule has 1 unspecified atom stereocenters. The smallest absolute Gasteiger partial charge is 0.126 e. The van der Waals surface area contributed by atoms with Crippen molar-refractivity contribution in [3.8, 4) is 5.75 Å². The van der Waals surface area contributed by atoms with Gasteiger partial charge in [-0.25, -0.2) is 0 Å². The molecular weight excluding hydrogens is 254 g/mol. The van der Waals surface area contributed by atoms with Gasteiger partial charge in [-0.1, -0.05) is 18.5 Å². The highest BCUT2D eigenvalue weighted by Crippen LogP contribution is 2.35. The number of halogens is 1. The van der Waals surface area contributed by atoms with E-state index in [0.29, 0.717) is 5.25 Å². The zero-order valence-electron chi connectivity index (χ0n) is 10.0. The summed E-state index contributed by atoms with van der Waals surface area (Å²) >= 11 is 8.03. The average molecular weight is 272 g/mol. The Labute approximate surface area is 112 Å². The van der Waals surface area contributed by atoms with Crippen molar-refractivity contribution in [3.05, 3.63) is 28.3 Å². The number of hydrogen-bond donors (Lipinski definition) is 1. The predicted octanol–water partition coefficient (Wildman–Crippen LogP) is 3.25. The van der Waals surface area contributed by atoms with Crippen LogP contribution < -0.4 is 10.5 Å². The zero-order valence-corrected chi connectivity index (χ0v) is 11.6. The van der Waals surface area contributed by atoms with Gasteiger partial charge in [0.2, 0.25) is 0 Å². The lowest BCUT2D eigenvalue weighted by Gasteiger charge is -2.12. The fraction of sp³-hybridized carbons (Fsp3) is 0.538. The average Bonchev–Trinajstić information content (AvgIpc) is 2.74. The highest BCUT2D eigenvalue weighted by atomic mass is 35.5. The summed E-state index contributed by atoms with van der Waals surface area (Å²) in [4.78, 5) is 0. The van der Waals surface area contributed by atoms with Crippen LogP contribution in [-0.4, -0.2) is 18.4 Å². The molecule has 17 heavy (non-hydrogen) atoms. The molecule has 1 aliphatic heterocycles. The molecule has 0 saturated carbocycles. The fourth-order valence-corrected chi connectivity index (χ4v) is 3.25. The van der Waals surface area contributed by atoms with Gasteiger partial charge in [0.15, 0.2) is 0 Å². The van der Waals surface area contributed by atoms with E-state index in [4.69, 9.17) is 22.1 Å². The second kappa shape index (κ2) is 5.98. The largest absolute Gasteiger partial charge is 0.493 e. The first-order valence-electron chi connectivity index (χ1n) is 5.96. The maximum Gasteiger partial charge on any atom is 0.126 e. The monoisotopic (exact) mass is 271 g/mol. The molecule has 2 N–H and O–H groups in total. The van der Waals surface area contributed by atoms with E-state index < -0.39 is 0 Å². The Morgan fingerprint density at radius 1 is 1.53 bits per heavy atom. The quantitative estimate of drug-likeness (QED) is 0.893. The minimum Gasteiger partial charge on any atom is -0.493 e. The third-order valence-corrected chi connectivity index (χ3v) is 4.42. The molecule has 4 heteroatoms. The molecule has 0 aliphatic carbocycles. The Hall–Kier alpha value is -0.380. The van der Waals surface area contributed by atoms with Gasteiger partial charge in [-0.15, -0.1) is 0 Å². The molecular formula is C13H18ClNOS. The van der Waals surface area contributed by atoms with Crippen LogP contribution in [0.5, 0.6) is 5.75 Å². The minimum absolute atomic E-state index is 0.580. The van der Waals surface area contributed by atoms with E-state index in [1.165, 1.54) is 11.1 Å². The fourth-order valence-electron chi connectivity index (χ4n) is 2.00. The van der Waals surface area contributed by atoms with Gasteiger partial charge in [0.25, 0.3) is 0 Å². The summed E-state index contributed by atoms with van der Waals surface area (Å²) in [5.74, 6) is 2.01. The van der Waals surface area contributed by atoms with Gasteiger partial charge < -0.3 is 10.5 Å². The molecule has 1 heterocycles. The molecule has 0 bridgehead atoms. The molecule has 1 atom stereocenters. The topological polar surface area (TPSA) is 35.2 Å². The number of fused-ring (bicyclic) bond motifs is 1. The minimum atomic E-state index is 0.580. The van der Waals surface area contributed by atoms with Gasteiger partial charge in [0.05, 0.1) is 6.61 Å². The maximum absolute atomic E-state index is 6.12. The van der Waals surface area contributed by atoms with Gasteiger partial charge in [-0.05, 0) is 30.7 Å². The summed E-state index contributed by atoms with van der Waals surface area (Å²) < 4.78 is 5.68. The third-order valence-electron chi connectivity index (χ3n) is 2.92. The van der Waals surface area contributed by atoms with Crippen molar-refractivity contribution in [1.82, 2.24) is 0 Å². The van der Waals surface area contributed by atoms with Crippen LogP contribution >= 0.6 is 23.4 Å². The standard InChI is InChI=1S/C13H18ClNOS/c1-9(2-4-15)17-8-11-7-12(14)6-10-3-5-16-13(10)11/h6-7,9H,2-5,8,15H2,1H3. The van der Waals surface area contributed by atoms with Crippen LogP contribution in [0.25, 0.3) is 0 Å². The third kappa shape index (κ3) is 3.30. The molecule has 0 saturated heterocycles. The first-order valence-corrected chi connectivity index (χ1v) is 7.39. The molecule has 0 aromatic heterocycles. The molecule has 1 aromatic carbocycles. The molecule has 1 aromatic rings. The Kier molecular flexibility index (Phi) is 4.60. The van der Waals surface area contributed by atoms with Crippen molar-refractivity contribution in [2.24, 2.45) is 5.73 Å². The zero-order chi connectivity index (χ0) is 12.3. The van der Waals surface area contributed by atoms with Crippen molar-refractivity contribution < 1.29 is 4.74 Å². The number of benzene rings is 1. The van der Waals surface area contributed by atoms with E-state index in [9.17, 15) is 0 Å². The van der Waals surface area contributed by atoms with Crippen molar-refractivity contribution in [1.29, 1.82) is 0 Å².